The summed E-state index contributed by atoms with van der Waals surface area (Å²) in [6.07, 6.45) is 1.36. The van der Waals surface area contributed by atoms with Crippen molar-refractivity contribution in [2.45, 2.75) is 18.4 Å². The molecule has 0 atom stereocenters. The van der Waals surface area contributed by atoms with E-state index in [2.05, 4.69) is 0 Å². The van der Waals surface area contributed by atoms with Crippen molar-refractivity contribution >= 4 is 26.9 Å². The average molecular weight is 375 g/mol. The highest BCUT2D eigenvalue weighted by Gasteiger charge is 2.21. The van der Waals surface area contributed by atoms with E-state index in [0.29, 0.717) is 16.5 Å². The molecule has 26 heavy (non-hydrogen) atoms. The first kappa shape index (κ1) is 18.0. The van der Waals surface area contributed by atoms with Gasteiger partial charge < -0.3 is 14.9 Å². The molecule has 2 aromatic carbocycles. The van der Waals surface area contributed by atoms with Gasteiger partial charge in [-0.1, -0.05) is 17.7 Å². The standard InChI is InChI=1S/C18H17NO6S/c1-12-2-5-15(6-3-12)26(23,24)19-9-13(10-20)16-8-14(4-7-17(16)19)25-11-18(21)22/h2-9,20H,10-11H2,1H3,(H,21,22). The van der Waals surface area contributed by atoms with E-state index in [1.54, 1.807) is 12.1 Å². The number of carbonyl (C=O) groups is 1. The lowest BCUT2D eigenvalue weighted by molar-refractivity contribution is -0.139. The summed E-state index contributed by atoms with van der Waals surface area (Å²) in [5, 5.41) is 18.8. The molecule has 2 N–H and O–H groups in total. The Labute approximate surface area is 150 Å². The summed E-state index contributed by atoms with van der Waals surface area (Å²) in [6.45, 7) is 0.988. The number of benzene rings is 2. The molecule has 0 aliphatic rings. The molecule has 1 heterocycles. The van der Waals surface area contributed by atoms with Crippen molar-refractivity contribution in [2.75, 3.05) is 6.61 Å². The number of aryl methyl sites for hydroxylation is 1. The van der Waals surface area contributed by atoms with E-state index in [1.807, 2.05) is 6.92 Å². The van der Waals surface area contributed by atoms with Crippen LogP contribution < -0.4 is 4.74 Å². The van der Waals surface area contributed by atoms with Gasteiger partial charge in [0, 0.05) is 17.1 Å². The van der Waals surface area contributed by atoms with Crippen molar-refractivity contribution in [1.82, 2.24) is 3.97 Å². The van der Waals surface area contributed by atoms with Crippen LogP contribution in [-0.4, -0.2) is 35.2 Å². The number of ether oxygens (including phenoxy) is 1. The molecule has 7 nitrogen and oxygen atoms in total. The monoisotopic (exact) mass is 375 g/mol. The van der Waals surface area contributed by atoms with Gasteiger partial charge in [0.25, 0.3) is 10.0 Å². The minimum absolute atomic E-state index is 0.135. The van der Waals surface area contributed by atoms with Crippen molar-refractivity contribution < 1.29 is 28.2 Å². The number of hydrogen-bond donors (Lipinski definition) is 2. The first-order valence-electron chi connectivity index (χ1n) is 7.74. The smallest absolute Gasteiger partial charge is 0.341 e. The number of hydrogen-bond acceptors (Lipinski definition) is 5. The summed E-state index contributed by atoms with van der Waals surface area (Å²) in [5.74, 6) is -0.841. The zero-order valence-corrected chi connectivity index (χ0v) is 14.7. The van der Waals surface area contributed by atoms with Gasteiger partial charge in [-0.2, -0.15) is 0 Å². The molecular formula is C18H17NO6S. The SMILES string of the molecule is Cc1ccc(S(=O)(=O)n2cc(CO)c3cc(OCC(=O)O)ccc32)cc1. The minimum Gasteiger partial charge on any atom is -0.482 e. The average Bonchev–Trinajstić information content (AvgIpc) is 2.99. The first-order chi connectivity index (χ1) is 12.3. The van der Waals surface area contributed by atoms with Crippen LogP contribution in [0.2, 0.25) is 0 Å². The van der Waals surface area contributed by atoms with Gasteiger partial charge in [0.15, 0.2) is 6.61 Å². The second kappa shape index (κ2) is 6.81. The molecular weight excluding hydrogens is 358 g/mol. The fraction of sp³-hybridized carbons (Fsp3) is 0.167. The number of carboxylic acids is 1. The van der Waals surface area contributed by atoms with Crippen LogP contribution in [0.3, 0.4) is 0 Å². The molecule has 0 radical (unpaired) electrons. The number of fused-ring (bicyclic) bond motifs is 1. The van der Waals surface area contributed by atoms with Crippen molar-refractivity contribution in [1.29, 1.82) is 0 Å². The van der Waals surface area contributed by atoms with E-state index in [1.165, 1.54) is 36.5 Å². The molecule has 0 fully saturated rings. The third kappa shape index (κ3) is 3.29. The van der Waals surface area contributed by atoms with Crippen molar-refractivity contribution in [3.05, 3.63) is 59.8 Å². The number of carboxylic acid groups (broad SMARTS) is 1. The Hall–Kier alpha value is -2.84. The molecule has 0 saturated carbocycles. The van der Waals surface area contributed by atoms with Crippen LogP contribution in [-0.2, 0) is 21.4 Å². The molecule has 0 unspecified atom stereocenters. The number of aliphatic hydroxyl groups excluding tert-OH is 1. The Kier molecular flexibility index (Phi) is 4.71. The van der Waals surface area contributed by atoms with Gasteiger partial charge in [-0.3, -0.25) is 0 Å². The van der Waals surface area contributed by atoms with E-state index < -0.39 is 22.6 Å². The van der Waals surface area contributed by atoms with Crippen LogP contribution in [0.4, 0.5) is 0 Å². The normalized spacial score (nSPS) is 11.6. The van der Waals surface area contributed by atoms with Crippen molar-refractivity contribution in [2.24, 2.45) is 0 Å². The van der Waals surface area contributed by atoms with Crippen molar-refractivity contribution in [3.8, 4) is 5.75 Å². The lowest BCUT2D eigenvalue weighted by Crippen LogP contribution is -2.12. The Bertz CT molecular complexity index is 1070. The third-order valence-corrected chi connectivity index (χ3v) is 5.62. The highest BCUT2D eigenvalue weighted by molar-refractivity contribution is 7.90. The quantitative estimate of drug-likeness (QED) is 0.684. The lowest BCUT2D eigenvalue weighted by atomic mass is 10.2. The van der Waals surface area contributed by atoms with Crippen LogP contribution in [0, 0.1) is 6.92 Å². The molecule has 1 aromatic heterocycles. The second-order valence-electron chi connectivity index (χ2n) is 5.79. The molecule has 0 spiro atoms. The largest absolute Gasteiger partial charge is 0.482 e. The maximum Gasteiger partial charge on any atom is 0.341 e. The minimum atomic E-state index is -3.84. The van der Waals surface area contributed by atoms with Crippen LogP contribution in [0.25, 0.3) is 10.9 Å². The Balaban J connectivity index is 2.12. The molecule has 8 heteroatoms. The first-order valence-corrected chi connectivity index (χ1v) is 9.18. The molecule has 0 amide bonds. The van der Waals surface area contributed by atoms with E-state index in [4.69, 9.17) is 9.84 Å². The van der Waals surface area contributed by atoms with Crippen LogP contribution in [0.15, 0.2) is 53.6 Å². The number of rotatable bonds is 6. The fourth-order valence-electron chi connectivity index (χ4n) is 2.63. The van der Waals surface area contributed by atoms with Crippen LogP contribution in [0.1, 0.15) is 11.1 Å². The summed E-state index contributed by atoms with van der Waals surface area (Å²) >= 11 is 0. The molecule has 0 saturated heterocycles. The molecule has 3 rings (SSSR count). The zero-order valence-electron chi connectivity index (χ0n) is 13.9. The van der Waals surface area contributed by atoms with Gasteiger partial charge in [0.05, 0.1) is 17.0 Å². The Morgan fingerprint density at radius 2 is 1.85 bits per heavy atom. The molecule has 0 bridgehead atoms. The van der Waals surface area contributed by atoms with Crippen LogP contribution >= 0.6 is 0 Å². The molecule has 0 aliphatic carbocycles. The third-order valence-electron chi connectivity index (χ3n) is 3.93. The summed E-state index contributed by atoms with van der Waals surface area (Å²) in [5.41, 5.74) is 1.71. The van der Waals surface area contributed by atoms with E-state index >= 15 is 0 Å². The van der Waals surface area contributed by atoms with E-state index in [9.17, 15) is 18.3 Å². The van der Waals surface area contributed by atoms with E-state index in [-0.39, 0.29) is 17.3 Å². The summed E-state index contributed by atoms with van der Waals surface area (Å²) in [4.78, 5) is 10.8. The molecule has 0 aliphatic heterocycles. The van der Waals surface area contributed by atoms with Gasteiger partial charge in [0.2, 0.25) is 0 Å². The van der Waals surface area contributed by atoms with Gasteiger partial charge in [0.1, 0.15) is 5.75 Å². The predicted octanol–water partition coefficient (Wildman–Crippen LogP) is 2.14. The topological polar surface area (TPSA) is 106 Å². The van der Waals surface area contributed by atoms with Crippen LogP contribution in [0.5, 0.6) is 5.75 Å². The molecule has 136 valence electrons. The number of aliphatic carboxylic acids is 1. The Morgan fingerprint density at radius 1 is 1.15 bits per heavy atom. The summed E-state index contributed by atoms with van der Waals surface area (Å²) < 4.78 is 32.2. The van der Waals surface area contributed by atoms with E-state index in [0.717, 1.165) is 9.54 Å². The zero-order chi connectivity index (χ0) is 18.9. The predicted molar refractivity (Wildman–Crippen MR) is 94.8 cm³/mol. The van der Waals surface area contributed by atoms with Gasteiger partial charge in [-0.25, -0.2) is 17.2 Å². The van der Waals surface area contributed by atoms with Gasteiger partial charge >= 0.3 is 5.97 Å². The van der Waals surface area contributed by atoms with Crippen molar-refractivity contribution in [3.63, 3.8) is 0 Å². The maximum absolute atomic E-state index is 13.0. The van der Waals surface area contributed by atoms with Gasteiger partial charge in [-0.15, -0.1) is 0 Å². The molecule has 3 aromatic rings. The maximum atomic E-state index is 13.0. The highest BCUT2D eigenvalue weighted by atomic mass is 32.2. The Morgan fingerprint density at radius 3 is 2.46 bits per heavy atom. The fourth-order valence-corrected chi connectivity index (χ4v) is 4.02. The number of aromatic nitrogens is 1. The number of nitrogens with zero attached hydrogens (tertiary/aromatic N) is 1. The second-order valence-corrected chi connectivity index (χ2v) is 7.60. The lowest BCUT2D eigenvalue weighted by Gasteiger charge is -2.08. The van der Waals surface area contributed by atoms with Gasteiger partial charge in [-0.05, 0) is 37.3 Å². The summed E-state index contributed by atoms with van der Waals surface area (Å²) in [6, 6.07) is 11.0. The number of aliphatic hydroxyl groups is 1. The summed E-state index contributed by atoms with van der Waals surface area (Å²) in [7, 11) is -3.84. The highest BCUT2D eigenvalue weighted by Crippen LogP contribution is 2.29.